The maximum Gasteiger partial charge on any atom is 0.115 e. The van der Waals surface area contributed by atoms with Crippen LogP contribution in [0.3, 0.4) is 0 Å². The van der Waals surface area contributed by atoms with Gasteiger partial charge in [-0.15, -0.1) is 0 Å². The first-order chi connectivity index (χ1) is 12.8. The van der Waals surface area contributed by atoms with Crippen LogP contribution in [-0.4, -0.2) is 31.1 Å². The lowest BCUT2D eigenvalue weighted by atomic mass is 9.88. The number of rotatable bonds is 6. The van der Waals surface area contributed by atoms with Crippen molar-refractivity contribution in [2.24, 2.45) is 0 Å². The van der Waals surface area contributed by atoms with Crippen LogP contribution in [0.15, 0.2) is 54.6 Å². The molecule has 24 heavy (non-hydrogen) atoms. The van der Waals surface area contributed by atoms with Gasteiger partial charge >= 0.3 is 0 Å². The fourth-order valence-corrected chi connectivity index (χ4v) is 3.52. The second-order valence-electron chi connectivity index (χ2n) is 6.53. The molecular formula is C21H26ClNO. The quantitative estimate of drug-likeness (QED) is 0.721. The van der Waals surface area contributed by atoms with Gasteiger partial charge in [0.25, 0.3) is 0 Å². The lowest BCUT2D eigenvalue weighted by Gasteiger charge is -2.32. The lowest BCUT2D eigenvalue weighted by molar-refractivity contribution is -0.0117. The predicted octanol–water partition coefficient (Wildman–Crippen LogP) is 5.10. The predicted molar refractivity (Wildman–Crippen MR) is 101 cm³/mol. The molecular weight excluding hydrogens is 318 g/mol. The first-order valence-corrected chi connectivity index (χ1v) is 8.91. The molecule has 2 aromatic rings. The Labute approximate surface area is 154 Å². The first kappa shape index (κ1) is 13.9. The van der Waals surface area contributed by atoms with E-state index in [9.17, 15) is 0 Å². The standard InChI is InChI=1S/C21H26ClNO/c1-21(17-7-4-3-5-8-17,18-10-12-19(22)13-11-18)24-16-14-20-9-6-15-23(20)2/h3-5,7-8,10-13,20H,6,9,14-16H2,1-2H3/t20-,21?/m1/s1/i2D3. The Hall–Kier alpha value is -1.35. The van der Waals surface area contributed by atoms with E-state index in [1.165, 1.54) is 0 Å². The van der Waals surface area contributed by atoms with Crippen molar-refractivity contribution in [3.05, 3.63) is 70.7 Å². The Morgan fingerprint density at radius 1 is 1.17 bits per heavy atom. The fraction of sp³-hybridized carbons (Fsp3) is 0.429. The third-order valence-corrected chi connectivity index (χ3v) is 5.19. The van der Waals surface area contributed by atoms with Crippen molar-refractivity contribution in [1.82, 2.24) is 4.90 Å². The lowest BCUT2D eigenvalue weighted by Crippen LogP contribution is -2.31. The largest absolute Gasteiger partial charge is 0.366 e. The van der Waals surface area contributed by atoms with Crippen LogP contribution in [0.2, 0.25) is 5.02 Å². The molecule has 3 rings (SSSR count). The second kappa shape index (κ2) is 7.69. The van der Waals surface area contributed by atoms with Crippen molar-refractivity contribution in [3.63, 3.8) is 0 Å². The Kier molecular flexibility index (Phi) is 4.45. The Morgan fingerprint density at radius 3 is 2.58 bits per heavy atom. The molecule has 0 aliphatic carbocycles. The Balaban J connectivity index is 1.76. The van der Waals surface area contributed by atoms with Crippen LogP contribution in [-0.2, 0) is 10.3 Å². The van der Waals surface area contributed by atoms with Crippen molar-refractivity contribution < 1.29 is 8.85 Å². The third kappa shape index (κ3) is 3.83. The van der Waals surface area contributed by atoms with E-state index in [1.807, 2.05) is 42.5 Å². The van der Waals surface area contributed by atoms with Crippen LogP contribution in [0.5, 0.6) is 0 Å². The number of likely N-dealkylation sites (tertiary alicyclic amines) is 1. The van der Waals surface area contributed by atoms with E-state index in [4.69, 9.17) is 20.5 Å². The van der Waals surface area contributed by atoms with Crippen LogP contribution in [0.4, 0.5) is 0 Å². The molecule has 128 valence electrons. The van der Waals surface area contributed by atoms with E-state index in [-0.39, 0.29) is 6.04 Å². The van der Waals surface area contributed by atoms with Gasteiger partial charge in [-0.25, -0.2) is 0 Å². The SMILES string of the molecule is [2H]C([2H])([2H])N1CCC[C@@H]1CCOC(C)(c1ccccc1)c1ccc(Cl)cc1. The molecule has 1 heterocycles. The molecule has 0 N–H and O–H groups in total. The minimum absolute atomic E-state index is 0.0442. The number of ether oxygens (including phenoxy) is 1. The van der Waals surface area contributed by atoms with Gasteiger partial charge in [-0.2, -0.15) is 0 Å². The molecule has 2 aromatic carbocycles. The molecule has 0 spiro atoms. The van der Waals surface area contributed by atoms with Gasteiger partial charge in [0.1, 0.15) is 5.60 Å². The molecule has 1 saturated heterocycles. The first-order valence-electron chi connectivity index (χ1n) is 10.0. The maximum atomic E-state index is 7.71. The van der Waals surface area contributed by atoms with Crippen molar-refractivity contribution in [1.29, 1.82) is 0 Å². The zero-order chi connectivity index (χ0) is 19.5. The average Bonchev–Trinajstić information content (AvgIpc) is 3.12. The average molecular weight is 347 g/mol. The minimum atomic E-state index is -2.03. The summed E-state index contributed by atoms with van der Waals surface area (Å²) in [5.74, 6) is 0. The monoisotopic (exact) mass is 346 g/mol. The topological polar surface area (TPSA) is 12.5 Å². The molecule has 0 aromatic heterocycles. The van der Waals surface area contributed by atoms with E-state index in [0.29, 0.717) is 24.6 Å². The fourth-order valence-electron chi connectivity index (χ4n) is 3.39. The normalized spacial score (nSPS) is 23.2. The molecule has 2 atom stereocenters. The number of benzene rings is 2. The zero-order valence-corrected chi connectivity index (χ0v) is 14.8. The summed E-state index contributed by atoms with van der Waals surface area (Å²) in [6.45, 7) is 1.15. The molecule has 1 aliphatic rings. The van der Waals surface area contributed by atoms with Gasteiger partial charge < -0.3 is 9.64 Å². The highest BCUT2D eigenvalue weighted by atomic mass is 35.5. The van der Waals surface area contributed by atoms with Crippen LogP contribution in [0, 0.1) is 0 Å². The van der Waals surface area contributed by atoms with Gasteiger partial charge in [-0.05, 0) is 63.0 Å². The van der Waals surface area contributed by atoms with Gasteiger partial charge in [-0.3, -0.25) is 0 Å². The molecule has 1 aliphatic heterocycles. The summed E-state index contributed by atoms with van der Waals surface area (Å²) in [5, 5.41) is 0.688. The highest BCUT2D eigenvalue weighted by molar-refractivity contribution is 6.30. The van der Waals surface area contributed by atoms with E-state index >= 15 is 0 Å². The molecule has 0 radical (unpaired) electrons. The van der Waals surface area contributed by atoms with Gasteiger partial charge in [0.2, 0.25) is 0 Å². The summed E-state index contributed by atoms with van der Waals surface area (Å²) < 4.78 is 29.5. The van der Waals surface area contributed by atoms with Gasteiger partial charge in [0.05, 0.1) is 0 Å². The van der Waals surface area contributed by atoms with Crippen molar-refractivity contribution in [2.75, 3.05) is 20.1 Å². The molecule has 0 saturated carbocycles. The second-order valence-corrected chi connectivity index (χ2v) is 6.97. The zero-order valence-electron chi connectivity index (χ0n) is 17.0. The van der Waals surface area contributed by atoms with Crippen LogP contribution >= 0.6 is 11.6 Å². The molecule has 0 amide bonds. The van der Waals surface area contributed by atoms with Crippen LogP contribution in [0.25, 0.3) is 0 Å². The molecule has 0 bridgehead atoms. The number of hydrogen-bond acceptors (Lipinski definition) is 2. The third-order valence-electron chi connectivity index (χ3n) is 4.94. The highest BCUT2D eigenvalue weighted by Crippen LogP contribution is 2.34. The summed E-state index contributed by atoms with van der Waals surface area (Å²) in [6.07, 6.45) is 2.54. The molecule has 2 nitrogen and oxygen atoms in total. The van der Waals surface area contributed by atoms with Crippen LogP contribution < -0.4 is 0 Å². The summed E-state index contributed by atoms with van der Waals surface area (Å²) in [5.41, 5.74) is 1.47. The Bertz CT molecular complexity index is 735. The summed E-state index contributed by atoms with van der Waals surface area (Å²) in [4.78, 5) is 1.64. The van der Waals surface area contributed by atoms with Crippen molar-refractivity contribution >= 4 is 11.6 Å². The highest BCUT2D eigenvalue weighted by Gasteiger charge is 2.30. The van der Waals surface area contributed by atoms with Crippen molar-refractivity contribution in [2.45, 2.75) is 37.8 Å². The summed E-state index contributed by atoms with van der Waals surface area (Å²) in [7, 11) is 0. The van der Waals surface area contributed by atoms with E-state index in [2.05, 4.69) is 19.1 Å². The number of halogens is 1. The molecule has 1 fully saturated rings. The summed E-state index contributed by atoms with van der Waals surface area (Å²) >= 11 is 6.06. The van der Waals surface area contributed by atoms with Gasteiger partial charge in [-0.1, -0.05) is 54.1 Å². The Morgan fingerprint density at radius 2 is 1.88 bits per heavy atom. The maximum absolute atomic E-state index is 7.71. The van der Waals surface area contributed by atoms with E-state index in [0.717, 1.165) is 24.0 Å². The van der Waals surface area contributed by atoms with Crippen LogP contribution in [0.1, 0.15) is 41.4 Å². The molecule has 3 heteroatoms. The number of nitrogens with zero attached hydrogens (tertiary/aromatic N) is 1. The van der Waals surface area contributed by atoms with Gasteiger partial charge in [0, 0.05) is 21.8 Å². The van der Waals surface area contributed by atoms with E-state index < -0.39 is 12.6 Å². The summed E-state index contributed by atoms with van der Waals surface area (Å²) in [6, 6.07) is 17.8. The van der Waals surface area contributed by atoms with E-state index in [1.54, 1.807) is 4.90 Å². The minimum Gasteiger partial charge on any atom is -0.366 e. The smallest absolute Gasteiger partial charge is 0.115 e. The molecule has 1 unspecified atom stereocenters. The number of hydrogen-bond donors (Lipinski definition) is 0. The van der Waals surface area contributed by atoms with Crippen molar-refractivity contribution in [3.8, 4) is 0 Å². The van der Waals surface area contributed by atoms with Gasteiger partial charge in [0.15, 0.2) is 0 Å².